The molecular weight excluding hydrogens is 310 g/mol. The second-order valence-electron chi connectivity index (χ2n) is 9.67. The lowest BCUT2D eigenvalue weighted by Gasteiger charge is -2.52. The smallest absolute Gasteiger partial charge is 0.0835 e. The molecule has 0 spiro atoms. The van der Waals surface area contributed by atoms with E-state index in [1.165, 1.54) is 25.7 Å². The summed E-state index contributed by atoms with van der Waals surface area (Å²) in [6, 6.07) is 0.144. The van der Waals surface area contributed by atoms with Gasteiger partial charge in [-0.25, -0.2) is 0 Å². The van der Waals surface area contributed by atoms with Gasteiger partial charge >= 0.3 is 0 Å². The van der Waals surface area contributed by atoms with Crippen LogP contribution < -0.4 is 5.73 Å². The fraction of sp³-hybridized carbons (Fsp3) is 0.909. The first kappa shape index (κ1) is 19.4. The highest BCUT2D eigenvalue weighted by molar-refractivity contribution is 5.23. The van der Waals surface area contributed by atoms with Crippen molar-refractivity contribution < 1.29 is 10.2 Å². The van der Waals surface area contributed by atoms with Crippen molar-refractivity contribution in [1.29, 1.82) is 0 Å². The predicted molar refractivity (Wildman–Crippen MR) is 103 cm³/mol. The van der Waals surface area contributed by atoms with Crippen LogP contribution in [0.3, 0.4) is 0 Å². The first-order valence-electron chi connectivity index (χ1n) is 10.6. The van der Waals surface area contributed by atoms with Crippen LogP contribution in [0.1, 0.15) is 72.6 Å². The first-order valence-corrected chi connectivity index (χ1v) is 10.6. The third-order valence-corrected chi connectivity index (χ3v) is 8.31. The molecule has 3 rings (SSSR count). The van der Waals surface area contributed by atoms with Crippen LogP contribution in [0.4, 0.5) is 0 Å². The van der Waals surface area contributed by atoms with Crippen molar-refractivity contribution in [3.63, 3.8) is 0 Å². The Kier molecular flexibility index (Phi) is 5.68. The van der Waals surface area contributed by atoms with E-state index in [9.17, 15) is 10.2 Å². The van der Waals surface area contributed by atoms with Gasteiger partial charge in [0.1, 0.15) is 0 Å². The van der Waals surface area contributed by atoms with Crippen molar-refractivity contribution in [3.05, 3.63) is 11.6 Å². The zero-order chi connectivity index (χ0) is 18.4. The monoisotopic (exact) mass is 349 g/mol. The highest BCUT2D eigenvalue weighted by Crippen LogP contribution is 2.61. The second-order valence-corrected chi connectivity index (χ2v) is 9.67. The van der Waals surface area contributed by atoms with E-state index in [-0.39, 0.29) is 23.3 Å². The fourth-order valence-electron chi connectivity index (χ4n) is 6.69. The average molecular weight is 350 g/mol. The molecule has 3 aliphatic rings. The molecule has 9 atom stereocenters. The number of nitrogens with two attached hydrogens (primary N) is 1. The molecule has 0 aromatic carbocycles. The molecule has 0 heterocycles. The van der Waals surface area contributed by atoms with Crippen LogP contribution in [0.25, 0.3) is 0 Å². The maximum absolute atomic E-state index is 11.3. The molecule has 3 heteroatoms. The summed E-state index contributed by atoms with van der Waals surface area (Å²) in [5.41, 5.74) is 8.10. The average Bonchev–Trinajstić information content (AvgIpc) is 2.92. The van der Waals surface area contributed by atoms with Gasteiger partial charge in [0.2, 0.25) is 0 Å². The number of allylic oxidation sites excluding steroid dienone is 2. The lowest BCUT2D eigenvalue weighted by atomic mass is 9.54. The summed E-state index contributed by atoms with van der Waals surface area (Å²) in [4.78, 5) is 0. The maximum Gasteiger partial charge on any atom is 0.0835 e. The number of hydrogen-bond donors (Lipinski definition) is 3. The summed E-state index contributed by atoms with van der Waals surface area (Å²) in [6.07, 6.45) is 8.78. The molecule has 0 bridgehead atoms. The summed E-state index contributed by atoms with van der Waals surface area (Å²) in [5, 5.41) is 22.2. The van der Waals surface area contributed by atoms with E-state index in [1.807, 2.05) is 0 Å². The number of hydrogen-bond acceptors (Lipinski definition) is 3. The largest absolute Gasteiger partial charge is 0.390 e. The van der Waals surface area contributed by atoms with Crippen LogP contribution in [0, 0.1) is 35.0 Å². The number of fused-ring (bicyclic) bond motifs is 3. The van der Waals surface area contributed by atoms with Gasteiger partial charge in [0, 0.05) is 6.04 Å². The van der Waals surface area contributed by atoms with Gasteiger partial charge in [-0.05, 0) is 86.9 Å². The molecule has 0 saturated heterocycles. The zero-order valence-electron chi connectivity index (χ0n) is 16.6. The van der Waals surface area contributed by atoms with E-state index in [4.69, 9.17) is 5.73 Å². The molecule has 3 saturated carbocycles. The first-order chi connectivity index (χ1) is 11.8. The molecule has 0 aromatic rings. The molecule has 3 fully saturated rings. The zero-order valence-corrected chi connectivity index (χ0v) is 16.6. The van der Waals surface area contributed by atoms with Crippen LogP contribution in [-0.2, 0) is 0 Å². The molecule has 144 valence electrons. The van der Waals surface area contributed by atoms with Gasteiger partial charge in [-0.15, -0.1) is 0 Å². The van der Waals surface area contributed by atoms with Crippen molar-refractivity contribution >= 4 is 0 Å². The van der Waals surface area contributed by atoms with Crippen LogP contribution in [0.5, 0.6) is 0 Å². The lowest BCUT2D eigenvalue weighted by molar-refractivity contribution is -0.115. The third-order valence-electron chi connectivity index (χ3n) is 8.31. The van der Waals surface area contributed by atoms with Crippen molar-refractivity contribution in [2.45, 2.75) is 90.9 Å². The SMILES string of the molecule is C/C=C1/CCC2C3C(CC[C@]12C)[C@@H](C)CC[C@H](N)CC(C)[C@@H](O)[C@@H]3O. The van der Waals surface area contributed by atoms with Crippen LogP contribution in [0.15, 0.2) is 11.6 Å². The molecule has 25 heavy (non-hydrogen) atoms. The Balaban J connectivity index is 1.95. The molecule has 3 aliphatic carbocycles. The predicted octanol–water partition coefficient (Wildman–Crippen LogP) is 3.88. The minimum absolute atomic E-state index is 0.0647. The van der Waals surface area contributed by atoms with Crippen LogP contribution in [0.2, 0.25) is 0 Å². The fourth-order valence-corrected chi connectivity index (χ4v) is 6.69. The molecule has 0 radical (unpaired) electrons. The van der Waals surface area contributed by atoms with E-state index in [2.05, 4.69) is 33.8 Å². The topological polar surface area (TPSA) is 66.5 Å². The Morgan fingerprint density at radius 1 is 1.04 bits per heavy atom. The van der Waals surface area contributed by atoms with Crippen LogP contribution in [-0.4, -0.2) is 28.5 Å². The summed E-state index contributed by atoms with van der Waals surface area (Å²) in [7, 11) is 0. The summed E-state index contributed by atoms with van der Waals surface area (Å²) < 4.78 is 0. The Morgan fingerprint density at radius 3 is 2.44 bits per heavy atom. The van der Waals surface area contributed by atoms with E-state index >= 15 is 0 Å². The van der Waals surface area contributed by atoms with Gasteiger partial charge in [-0.1, -0.05) is 32.4 Å². The normalized spacial score (nSPS) is 53.3. The van der Waals surface area contributed by atoms with Crippen molar-refractivity contribution in [2.75, 3.05) is 0 Å². The Morgan fingerprint density at radius 2 is 1.76 bits per heavy atom. The minimum Gasteiger partial charge on any atom is -0.390 e. The van der Waals surface area contributed by atoms with E-state index in [0.717, 1.165) is 19.3 Å². The third kappa shape index (κ3) is 3.33. The molecule has 4 N–H and O–H groups in total. The molecule has 0 aliphatic heterocycles. The molecule has 0 aromatic heterocycles. The van der Waals surface area contributed by atoms with Gasteiger partial charge in [0.15, 0.2) is 0 Å². The molecule has 0 amide bonds. The van der Waals surface area contributed by atoms with Crippen LogP contribution >= 0.6 is 0 Å². The summed E-state index contributed by atoms with van der Waals surface area (Å²) >= 11 is 0. The summed E-state index contributed by atoms with van der Waals surface area (Å²) in [5.74, 6) is 1.87. The quantitative estimate of drug-likeness (QED) is 0.581. The standard InChI is InChI=1S/C22H39NO2/c1-5-15-7-9-18-19-17(10-11-22(15,18)4)13(2)6-8-16(23)12-14(3)20(24)21(19)25/h5,13-14,16-21,24-25H,6-12,23H2,1-4H3/b15-5-/t13-,14?,16-,17?,18?,19?,20+,21+,22+/m0/s1. The van der Waals surface area contributed by atoms with Crippen molar-refractivity contribution in [2.24, 2.45) is 40.7 Å². The molecule has 3 nitrogen and oxygen atoms in total. The lowest BCUT2D eigenvalue weighted by Crippen LogP contribution is -2.52. The van der Waals surface area contributed by atoms with Gasteiger partial charge in [-0.2, -0.15) is 0 Å². The highest BCUT2D eigenvalue weighted by atomic mass is 16.3. The van der Waals surface area contributed by atoms with Crippen molar-refractivity contribution in [3.8, 4) is 0 Å². The Hall–Kier alpha value is -0.380. The summed E-state index contributed by atoms with van der Waals surface area (Å²) in [6.45, 7) is 8.99. The van der Waals surface area contributed by atoms with Gasteiger partial charge in [0.05, 0.1) is 12.2 Å². The number of aliphatic hydroxyl groups excluding tert-OH is 2. The number of aliphatic hydroxyl groups is 2. The van der Waals surface area contributed by atoms with Crippen molar-refractivity contribution in [1.82, 2.24) is 0 Å². The Bertz CT molecular complexity index is 504. The second kappa shape index (κ2) is 7.32. The van der Waals surface area contributed by atoms with E-state index < -0.39 is 12.2 Å². The van der Waals surface area contributed by atoms with Gasteiger partial charge < -0.3 is 15.9 Å². The maximum atomic E-state index is 11.3. The molecular formula is C22H39NO2. The molecule has 4 unspecified atom stereocenters. The van der Waals surface area contributed by atoms with E-state index in [1.54, 1.807) is 5.57 Å². The minimum atomic E-state index is -0.652. The number of rotatable bonds is 0. The van der Waals surface area contributed by atoms with Gasteiger partial charge in [-0.3, -0.25) is 0 Å². The van der Waals surface area contributed by atoms with Gasteiger partial charge in [0.25, 0.3) is 0 Å². The highest BCUT2D eigenvalue weighted by Gasteiger charge is 2.55. The Labute approximate surface area is 154 Å². The van der Waals surface area contributed by atoms with E-state index in [0.29, 0.717) is 17.8 Å².